The van der Waals surface area contributed by atoms with Gasteiger partial charge in [-0.15, -0.1) is 5.10 Å². The first-order chi connectivity index (χ1) is 17.9. The molecule has 0 aliphatic heterocycles. The van der Waals surface area contributed by atoms with Crippen LogP contribution in [-0.2, 0) is 15.7 Å². The molecule has 0 aliphatic rings. The molecule has 14 heteroatoms. The number of amides is 1. The van der Waals surface area contributed by atoms with Crippen LogP contribution in [0, 0.1) is 11.6 Å². The van der Waals surface area contributed by atoms with Gasteiger partial charge in [0.25, 0.3) is 5.91 Å². The number of benzene rings is 2. The van der Waals surface area contributed by atoms with Crippen LogP contribution in [0.5, 0.6) is 0 Å². The number of nitrogens with zero attached hydrogens (tertiary/aromatic N) is 3. The summed E-state index contributed by atoms with van der Waals surface area (Å²) in [7, 11) is 1.42. The number of hydrogen-bond acceptors (Lipinski definition) is 6. The molecular weight excluding hydrogens is 517 g/mol. The molecule has 9 nitrogen and oxygen atoms in total. The molecular formula is C24H24F5N5O4. The van der Waals surface area contributed by atoms with Crippen LogP contribution in [0.25, 0.3) is 10.9 Å². The Labute approximate surface area is 213 Å². The number of carbonyl (C=O) groups excluding carboxylic acids is 2. The molecule has 3 rings (SSSR count). The molecule has 0 spiro atoms. The fourth-order valence-electron chi connectivity index (χ4n) is 3.30. The van der Waals surface area contributed by atoms with Crippen molar-refractivity contribution in [1.29, 1.82) is 0 Å². The second-order valence-corrected chi connectivity index (χ2v) is 8.09. The van der Waals surface area contributed by atoms with Crippen molar-refractivity contribution in [3.63, 3.8) is 0 Å². The van der Waals surface area contributed by atoms with Gasteiger partial charge in [0.05, 0.1) is 30.3 Å². The van der Waals surface area contributed by atoms with Gasteiger partial charge in [-0.3, -0.25) is 10.1 Å². The molecule has 1 amide bonds. The largest absolute Gasteiger partial charge is 0.448 e. The van der Waals surface area contributed by atoms with E-state index in [4.69, 9.17) is 9.47 Å². The van der Waals surface area contributed by atoms with Crippen LogP contribution in [0.3, 0.4) is 0 Å². The second kappa shape index (κ2) is 12.0. The Morgan fingerprint density at radius 3 is 2.50 bits per heavy atom. The minimum Gasteiger partial charge on any atom is -0.448 e. The molecule has 204 valence electrons. The average molecular weight is 541 g/mol. The van der Waals surface area contributed by atoms with E-state index in [1.165, 1.54) is 7.11 Å². The topological polar surface area (TPSA) is 107 Å². The summed E-state index contributed by atoms with van der Waals surface area (Å²) in [5.74, 6) is -3.63. The van der Waals surface area contributed by atoms with Crippen molar-refractivity contribution in [3.05, 3.63) is 59.2 Å². The maximum atomic E-state index is 13.6. The number of rotatable bonds is 7. The minimum atomic E-state index is -4.69. The molecule has 0 radical (unpaired) electrons. The van der Waals surface area contributed by atoms with E-state index < -0.39 is 41.4 Å². The van der Waals surface area contributed by atoms with E-state index in [9.17, 15) is 31.5 Å². The molecule has 2 aromatic carbocycles. The van der Waals surface area contributed by atoms with Crippen LogP contribution in [-0.4, -0.2) is 54.1 Å². The first-order valence-corrected chi connectivity index (χ1v) is 11.3. The highest BCUT2D eigenvalue weighted by Crippen LogP contribution is 2.33. The van der Waals surface area contributed by atoms with Gasteiger partial charge in [0, 0.05) is 18.1 Å². The molecule has 38 heavy (non-hydrogen) atoms. The zero-order chi connectivity index (χ0) is 28.0. The third-order valence-corrected chi connectivity index (χ3v) is 5.02. The van der Waals surface area contributed by atoms with E-state index in [0.717, 1.165) is 30.3 Å². The Morgan fingerprint density at radius 1 is 1.13 bits per heavy atom. The number of aromatic nitrogens is 2. The number of nitrogens with one attached hydrogen (secondary N) is 2. The van der Waals surface area contributed by atoms with Crippen LogP contribution in [0.2, 0.25) is 0 Å². The summed E-state index contributed by atoms with van der Waals surface area (Å²) in [6.07, 6.45) is -5.24. The summed E-state index contributed by atoms with van der Waals surface area (Å²) in [6.45, 7) is 3.51. The minimum absolute atomic E-state index is 0.00738. The number of hydrogen-bond donors (Lipinski definition) is 2. The zero-order valence-electron chi connectivity index (χ0n) is 20.5. The number of aliphatic imine (C=N–C) groups is 1. The van der Waals surface area contributed by atoms with Gasteiger partial charge in [-0.25, -0.2) is 18.6 Å². The molecule has 1 heterocycles. The smallest absolute Gasteiger partial charge is 0.435 e. The van der Waals surface area contributed by atoms with Gasteiger partial charge in [-0.1, -0.05) is 6.92 Å². The maximum absolute atomic E-state index is 13.6. The molecule has 0 saturated carbocycles. The second-order valence-electron chi connectivity index (χ2n) is 8.09. The predicted molar refractivity (Wildman–Crippen MR) is 128 cm³/mol. The van der Waals surface area contributed by atoms with Gasteiger partial charge in [-0.05, 0) is 49.7 Å². The first kappa shape index (κ1) is 28.5. The number of ether oxygens (including phenoxy) is 2. The van der Waals surface area contributed by atoms with Crippen molar-refractivity contribution < 1.29 is 41.0 Å². The standard InChI is InChI=1S/C24H24F5N5O4/c1-4-9-38-23(36)34-19-11-15(24(27,28)29)6-7-16(19)20(33-34)31-22(30-13(2)12-37-3)32-21(35)14-5-8-17(25)18(26)10-14/h5-8,10-11,13H,4,9,12H2,1-3H3,(H2,30,31,32,33,35). The lowest BCUT2D eigenvalue weighted by Crippen LogP contribution is -2.37. The summed E-state index contributed by atoms with van der Waals surface area (Å²) >= 11 is 0. The Bertz CT molecular complexity index is 1360. The summed E-state index contributed by atoms with van der Waals surface area (Å²) in [5, 5.41) is 9.24. The number of methoxy groups -OCH3 is 1. The predicted octanol–water partition coefficient (Wildman–Crippen LogP) is 4.96. The highest BCUT2D eigenvalue weighted by molar-refractivity contribution is 6.12. The summed E-state index contributed by atoms with van der Waals surface area (Å²) < 4.78 is 77.7. The third kappa shape index (κ3) is 6.82. The van der Waals surface area contributed by atoms with Crippen molar-refractivity contribution in [1.82, 2.24) is 15.1 Å². The van der Waals surface area contributed by atoms with Crippen LogP contribution in [0.15, 0.2) is 41.4 Å². The maximum Gasteiger partial charge on any atom is 0.435 e. The van der Waals surface area contributed by atoms with E-state index in [1.54, 1.807) is 13.8 Å². The number of halogens is 5. The number of anilines is 1. The zero-order valence-corrected chi connectivity index (χ0v) is 20.5. The molecule has 0 bridgehead atoms. The van der Waals surface area contributed by atoms with Crippen molar-refractivity contribution in [2.75, 3.05) is 25.6 Å². The van der Waals surface area contributed by atoms with Crippen molar-refractivity contribution in [2.24, 2.45) is 4.99 Å². The highest BCUT2D eigenvalue weighted by Gasteiger charge is 2.32. The lowest BCUT2D eigenvalue weighted by Gasteiger charge is -2.13. The normalized spacial score (nSPS) is 12.9. The van der Waals surface area contributed by atoms with Crippen LogP contribution in [0.4, 0.5) is 32.6 Å². The Balaban J connectivity index is 2.04. The van der Waals surface area contributed by atoms with Gasteiger partial charge < -0.3 is 14.8 Å². The van der Waals surface area contributed by atoms with E-state index in [0.29, 0.717) is 17.2 Å². The molecule has 0 fully saturated rings. The van der Waals surface area contributed by atoms with E-state index >= 15 is 0 Å². The van der Waals surface area contributed by atoms with E-state index in [-0.39, 0.29) is 41.5 Å². The summed E-state index contributed by atoms with van der Waals surface area (Å²) in [5.41, 5.74) is -1.46. The van der Waals surface area contributed by atoms with Crippen LogP contribution >= 0.6 is 0 Å². The fraction of sp³-hybridized carbons (Fsp3) is 0.333. The van der Waals surface area contributed by atoms with Gasteiger partial charge in [-0.2, -0.15) is 17.9 Å². The van der Waals surface area contributed by atoms with Crippen molar-refractivity contribution in [2.45, 2.75) is 32.5 Å². The molecule has 0 aliphatic carbocycles. The lowest BCUT2D eigenvalue weighted by molar-refractivity contribution is -0.137. The third-order valence-electron chi connectivity index (χ3n) is 5.02. The Morgan fingerprint density at radius 2 is 1.87 bits per heavy atom. The molecule has 1 unspecified atom stereocenters. The monoisotopic (exact) mass is 541 g/mol. The summed E-state index contributed by atoms with van der Waals surface area (Å²) in [6, 6.07) is 4.63. The SMILES string of the molecule is CCCOC(=O)n1nc(NC(=NC(C)COC)NC(=O)c2ccc(F)c(F)c2)c2ccc(C(F)(F)F)cc21. The Hall–Kier alpha value is -4.07. The molecule has 3 aromatic rings. The molecule has 1 aromatic heterocycles. The van der Waals surface area contributed by atoms with Crippen molar-refractivity contribution in [3.8, 4) is 0 Å². The molecule has 0 saturated heterocycles. The first-order valence-electron chi connectivity index (χ1n) is 11.3. The number of alkyl halides is 3. The van der Waals surface area contributed by atoms with Gasteiger partial charge in [0.15, 0.2) is 17.5 Å². The Kier molecular flexibility index (Phi) is 8.99. The van der Waals surface area contributed by atoms with E-state index in [1.807, 2.05) is 0 Å². The van der Waals surface area contributed by atoms with Crippen molar-refractivity contribution >= 4 is 34.7 Å². The van der Waals surface area contributed by atoms with Crippen LogP contribution in [0.1, 0.15) is 36.2 Å². The number of fused-ring (bicyclic) bond motifs is 1. The molecule has 1 atom stereocenters. The van der Waals surface area contributed by atoms with E-state index in [2.05, 4.69) is 20.7 Å². The molecule has 2 N–H and O–H groups in total. The van der Waals surface area contributed by atoms with Crippen LogP contribution < -0.4 is 10.6 Å². The average Bonchev–Trinajstić information content (AvgIpc) is 3.21. The number of guanidine groups is 1. The van der Waals surface area contributed by atoms with Gasteiger partial charge in [0.2, 0.25) is 5.96 Å². The highest BCUT2D eigenvalue weighted by atomic mass is 19.4. The van der Waals surface area contributed by atoms with Gasteiger partial charge in [0.1, 0.15) is 0 Å². The lowest BCUT2D eigenvalue weighted by atomic mass is 10.1. The summed E-state index contributed by atoms with van der Waals surface area (Å²) in [4.78, 5) is 29.5. The number of carbonyl (C=O) groups is 2. The fourth-order valence-corrected chi connectivity index (χ4v) is 3.30. The quantitative estimate of drug-likeness (QED) is 0.249. The van der Waals surface area contributed by atoms with Gasteiger partial charge >= 0.3 is 12.3 Å².